The fraction of sp³-hybridized carbons (Fsp3) is 0.222. The van der Waals surface area contributed by atoms with Crippen molar-refractivity contribution in [3.05, 3.63) is 63.1 Å². The highest BCUT2D eigenvalue weighted by atomic mass is 79.9. The van der Waals surface area contributed by atoms with Gasteiger partial charge in [0, 0.05) is 30.4 Å². The maximum absolute atomic E-state index is 12.3. The van der Waals surface area contributed by atoms with Crippen molar-refractivity contribution >= 4 is 49.5 Å². The lowest BCUT2D eigenvalue weighted by atomic mass is 10.2. The fourth-order valence-corrected chi connectivity index (χ4v) is 4.04. The molecule has 2 N–H and O–H groups in total. The van der Waals surface area contributed by atoms with Gasteiger partial charge in [0.2, 0.25) is 0 Å². The molecular weight excluding hydrogens is 480 g/mol. The van der Waals surface area contributed by atoms with E-state index >= 15 is 0 Å². The van der Waals surface area contributed by atoms with Gasteiger partial charge in [-0.1, -0.05) is 30.0 Å². The molecule has 1 amide bonds. The molecule has 0 aliphatic carbocycles. The first-order valence-electron chi connectivity index (χ1n) is 8.10. The monoisotopic (exact) mass is 496 g/mol. The summed E-state index contributed by atoms with van der Waals surface area (Å²) < 4.78 is 3.52. The van der Waals surface area contributed by atoms with E-state index in [-0.39, 0.29) is 5.91 Å². The Kier molecular flexibility index (Phi) is 6.61. The highest BCUT2D eigenvalue weighted by Crippen LogP contribution is 2.26. The Hall–Kier alpha value is -1.51. The van der Waals surface area contributed by atoms with Crippen LogP contribution in [0.25, 0.3) is 0 Å². The van der Waals surface area contributed by atoms with E-state index in [9.17, 15) is 4.79 Å². The number of nitrogens with one attached hydrogen (secondary N) is 2. The molecule has 3 rings (SSSR count). The lowest BCUT2D eigenvalue weighted by Crippen LogP contribution is -2.26. The molecule has 0 saturated heterocycles. The zero-order valence-corrected chi connectivity index (χ0v) is 18.1. The number of aromatic amines is 1. The molecule has 136 valence electrons. The van der Waals surface area contributed by atoms with Crippen LogP contribution in [0.3, 0.4) is 0 Å². The topological polar surface area (TPSA) is 62.7 Å². The summed E-state index contributed by atoms with van der Waals surface area (Å²) >= 11 is 8.45. The van der Waals surface area contributed by atoms with E-state index in [1.165, 1.54) is 0 Å². The molecule has 0 fully saturated rings. The maximum atomic E-state index is 12.3. The van der Waals surface area contributed by atoms with Gasteiger partial charge in [0.05, 0.1) is 9.08 Å². The standard InChI is InChI=1S/C18H18Br2N4OS/c1-24-15(10-14(19)16(24)20)17(25)21-9-5-6-12-11-22-18(23-12)26-13-7-3-2-4-8-13/h2-4,7-8,10-11H,5-6,9H2,1H3,(H,21,25)(H,22,23). The number of amides is 1. The van der Waals surface area contributed by atoms with Gasteiger partial charge in [-0.25, -0.2) is 4.98 Å². The van der Waals surface area contributed by atoms with Crippen molar-refractivity contribution in [1.29, 1.82) is 0 Å². The average molecular weight is 498 g/mol. The third-order valence-corrected chi connectivity index (χ3v) is 6.82. The number of rotatable bonds is 7. The number of hydrogen-bond acceptors (Lipinski definition) is 3. The van der Waals surface area contributed by atoms with Gasteiger partial charge in [-0.05, 0) is 62.9 Å². The van der Waals surface area contributed by atoms with Gasteiger partial charge in [-0.3, -0.25) is 4.79 Å². The first-order chi connectivity index (χ1) is 12.5. The van der Waals surface area contributed by atoms with E-state index in [2.05, 4.69) is 59.3 Å². The summed E-state index contributed by atoms with van der Waals surface area (Å²) in [6.45, 7) is 0.611. The predicted octanol–water partition coefficient (Wildman–Crippen LogP) is 4.79. The number of benzene rings is 1. The Labute approximate surface area is 173 Å². The van der Waals surface area contributed by atoms with Crippen LogP contribution in [0.15, 0.2) is 61.7 Å². The van der Waals surface area contributed by atoms with E-state index < -0.39 is 0 Å². The first kappa shape index (κ1) is 19.3. The maximum Gasteiger partial charge on any atom is 0.267 e. The molecule has 0 radical (unpaired) electrons. The van der Waals surface area contributed by atoms with E-state index in [1.807, 2.05) is 31.4 Å². The summed E-state index contributed by atoms with van der Waals surface area (Å²) in [6.07, 6.45) is 3.54. The zero-order valence-electron chi connectivity index (χ0n) is 14.1. The van der Waals surface area contributed by atoms with Gasteiger partial charge in [-0.2, -0.15) is 0 Å². The molecule has 8 heteroatoms. The number of carbonyl (C=O) groups excluding carboxylic acids is 1. The summed E-state index contributed by atoms with van der Waals surface area (Å²) in [5, 5.41) is 3.84. The number of aromatic nitrogens is 3. The molecule has 0 atom stereocenters. The molecule has 2 heterocycles. The minimum atomic E-state index is -0.0798. The van der Waals surface area contributed by atoms with Crippen LogP contribution >= 0.6 is 43.6 Å². The quantitative estimate of drug-likeness (QED) is 0.461. The van der Waals surface area contributed by atoms with Gasteiger partial charge in [0.15, 0.2) is 5.16 Å². The molecule has 3 aromatic rings. The van der Waals surface area contributed by atoms with Crippen molar-refractivity contribution in [1.82, 2.24) is 19.9 Å². The molecule has 5 nitrogen and oxygen atoms in total. The number of hydrogen-bond donors (Lipinski definition) is 2. The summed E-state index contributed by atoms with van der Waals surface area (Å²) in [5.74, 6) is -0.0798. The SMILES string of the molecule is Cn1c(C(=O)NCCCc2cnc(Sc3ccccc3)[nH]2)cc(Br)c1Br. The molecule has 0 aliphatic heterocycles. The molecule has 0 saturated carbocycles. The highest BCUT2D eigenvalue weighted by molar-refractivity contribution is 9.13. The summed E-state index contributed by atoms with van der Waals surface area (Å²) in [4.78, 5) is 21.1. The third-order valence-electron chi connectivity index (χ3n) is 3.82. The van der Waals surface area contributed by atoms with Crippen LogP contribution in [-0.4, -0.2) is 27.0 Å². The number of H-pyrrole nitrogens is 1. The normalized spacial score (nSPS) is 10.9. The second kappa shape index (κ2) is 8.92. The van der Waals surface area contributed by atoms with Crippen LogP contribution in [0.2, 0.25) is 0 Å². The summed E-state index contributed by atoms with van der Waals surface area (Å²) in [7, 11) is 1.85. The van der Waals surface area contributed by atoms with E-state index in [0.717, 1.165) is 37.7 Å². The van der Waals surface area contributed by atoms with E-state index in [0.29, 0.717) is 12.2 Å². The minimum Gasteiger partial charge on any atom is -0.351 e. The Bertz CT molecular complexity index is 892. The lowest BCUT2D eigenvalue weighted by molar-refractivity contribution is 0.0945. The summed E-state index contributed by atoms with van der Waals surface area (Å²) in [5.41, 5.74) is 1.69. The lowest BCUT2D eigenvalue weighted by Gasteiger charge is -2.06. The van der Waals surface area contributed by atoms with E-state index in [4.69, 9.17) is 0 Å². The van der Waals surface area contributed by atoms with Gasteiger partial charge in [-0.15, -0.1) is 0 Å². The summed E-state index contributed by atoms with van der Waals surface area (Å²) in [6, 6.07) is 11.9. The second-order valence-electron chi connectivity index (χ2n) is 5.72. The molecule has 0 unspecified atom stereocenters. The van der Waals surface area contributed by atoms with Crippen LogP contribution in [0.5, 0.6) is 0 Å². The fourth-order valence-electron chi connectivity index (χ4n) is 2.45. The molecule has 26 heavy (non-hydrogen) atoms. The molecule has 0 bridgehead atoms. The third kappa shape index (κ3) is 4.81. The minimum absolute atomic E-state index is 0.0798. The Morgan fingerprint density at radius 1 is 1.31 bits per heavy atom. The van der Waals surface area contributed by atoms with E-state index in [1.54, 1.807) is 22.4 Å². The Morgan fingerprint density at radius 3 is 2.77 bits per heavy atom. The van der Waals surface area contributed by atoms with Gasteiger partial charge in [0.1, 0.15) is 5.69 Å². The van der Waals surface area contributed by atoms with Crippen LogP contribution < -0.4 is 5.32 Å². The number of carbonyl (C=O) groups is 1. The second-order valence-corrected chi connectivity index (χ2v) is 8.38. The first-order valence-corrected chi connectivity index (χ1v) is 10.5. The highest BCUT2D eigenvalue weighted by Gasteiger charge is 2.14. The number of aryl methyl sites for hydroxylation is 1. The molecule has 2 aromatic heterocycles. The van der Waals surface area contributed by atoms with Crippen molar-refractivity contribution in [3.63, 3.8) is 0 Å². The number of nitrogens with zero attached hydrogens (tertiary/aromatic N) is 2. The molecule has 0 aliphatic rings. The molecular formula is C18H18Br2N4OS. The largest absolute Gasteiger partial charge is 0.351 e. The van der Waals surface area contributed by atoms with Crippen molar-refractivity contribution in [3.8, 4) is 0 Å². The molecule has 0 spiro atoms. The molecule has 1 aromatic carbocycles. The van der Waals surface area contributed by atoms with Crippen LogP contribution in [0.1, 0.15) is 22.6 Å². The number of halogens is 2. The Balaban J connectivity index is 1.45. The smallest absolute Gasteiger partial charge is 0.267 e. The van der Waals surface area contributed by atoms with Crippen molar-refractivity contribution in [2.24, 2.45) is 7.05 Å². The van der Waals surface area contributed by atoms with Crippen LogP contribution in [0.4, 0.5) is 0 Å². The predicted molar refractivity (Wildman–Crippen MR) is 111 cm³/mol. The van der Waals surface area contributed by atoms with Crippen LogP contribution in [0, 0.1) is 0 Å². The zero-order chi connectivity index (χ0) is 18.5. The average Bonchev–Trinajstić information content (AvgIpc) is 3.19. The van der Waals surface area contributed by atoms with Crippen molar-refractivity contribution < 1.29 is 4.79 Å². The van der Waals surface area contributed by atoms with Gasteiger partial charge < -0.3 is 14.9 Å². The van der Waals surface area contributed by atoms with Gasteiger partial charge >= 0.3 is 0 Å². The van der Waals surface area contributed by atoms with Crippen molar-refractivity contribution in [2.45, 2.75) is 22.9 Å². The van der Waals surface area contributed by atoms with Gasteiger partial charge in [0.25, 0.3) is 5.91 Å². The van der Waals surface area contributed by atoms with Crippen molar-refractivity contribution in [2.75, 3.05) is 6.54 Å². The van der Waals surface area contributed by atoms with Crippen LogP contribution in [-0.2, 0) is 13.5 Å². The Morgan fingerprint density at radius 2 is 2.08 bits per heavy atom. The number of imidazole rings is 1.